The van der Waals surface area contributed by atoms with Gasteiger partial charge in [0.25, 0.3) is 0 Å². The summed E-state index contributed by atoms with van der Waals surface area (Å²) in [5.74, 6) is 1.57. The quantitative estimate of drug-likeness (QED) is 0.612. The van der Waals surface area contributed by atoms with E-state index >= 15 is 0 Å². The van der Waals surface area contributed by atoms with Gasteiger partial charge >= 0.3 is 0 Å². The lowest BCUT2D eigenvalue weighted by Gasteiger charge is -2.21. The van der Waals surface area contributed by atoms with Crippen molar-refractivity contribution in [1.82, 2.24) is 4.90 Å². The zero-order valence-corrected chi connectivity index (χ0v) is 14.7. The van der Waals surface area contributed by atoms with Gasteiger partial charge in [0.2, 0.25) is 0 Å². The van der Waals surface area contributed by atoms with Gasteiger partial charge in [-0.25, -0.2) is 0 Å². The fraction of sp³-hybridized carbons (Fsp3) is 0.400. The Morgan fingerprint density at radius 3 is 2.32 bits per heavy atom. The Morgan fingerprint density at radius 2 is 1.64 bits per heavy atom. The first kappa shape index (κ1) is 19.2. The SMILES string of the molecule is CN(Cc1ccc(OCCCO)cc1)C[C@H](O)COc1ccccc1. The Kier molecular flexibility index (Phi) is 8.25. The second-order valence-corrected chi connectivity index (χ2v) is 6.04. The second kappa shape index (κ2) is 10.7. The van der Waals surface area contributed by atoms with E-state index in [-0.39, 0.29) is 13.2 Å². The number of aliphatic hydroxyl groups excluding tert-OH is 2. The molecule has 5 heteroatoms. The van der Waals surface area contributed by atoms with Crippen molar-refractivity contribution in [2.75, 3.05) is 33.4 Å². The van der Waals surface area contributed by atoms with E-state index in [4.69, 9.17) is 14.6 Å². The average molecular weight is 345 g/mol. The van der Waals surface area contributed by atoms with Crippen LogP contribution in [0.1, 0.15) is 12.0 Å². The van der Waals surface area contributed by atoms with Crippen molar-refractivity contribution in [2.45, 2.75) is 19.1 Å². The molecule has 0 heterocycles. The zero-order chi connectivity index (χ0) is 17.9. The summed E-state index contributed by atoms with van der Waals surface area (Å²) in [6.45, 7) is 2.19. The highest BCUT2D eigenvalue weighted by molar-refractivity contribution is 5.27. The van der Waals surface area contributed by atoms with Crippen LogP contribution >= 0.6 is 0 Å². The van der Waals surface area contributed by atoms with Crippen molar-refractivity contribution in [2.24, 2.45) is 0 Å². The van der Waals surface area contributed by atoms with Crippen LogP contribution in [0.3, 0.4) is 0 Å². The molecule has 0 aliphatic rings. The monoisotopic (exact) mass is 345 g/mol. The number of nitrogens with zero attached hydrogens (tertiary/aromatic N) is 1. The number of hydrogen-bond donors (Lipinski definition) is 2. The summed E-state index contributed by atoms with van der Waals surface area (Å²) in [6.07, 6.45) is 0.0826. The first-order valence-electron chi connectivity index (χ1n) is 8.54. The maximum Gasteiger partial charge on any atom is 0.119 e. The van der Waals surface area contributed by atoms with Crippen LogP contribution in [0.5, 0.6) is 11.5 Å². The van der Waals surface area contributed by atoms with Crippen LogP contribution in [0.2, 0.25) is 0 Å². The van der Waals surface area contributed by atoms with Crippen LogP contribution in [-0.4, -0.2) is 54.6 Å². The van der Waals surface area contributed by atoms with Gasteiger partial charge in [0.05, 0.1) is 6.61 Å². The van der Waals surface area contributed by atoms with E-state index in [0.29, 0.717) is 19.6 Å². The van der Waals surface area contributed by atoms with E-state index in [9.17, 15) is 5.11 Å². The molecule has 0 aromatic heterocycles. The van der Waals surface area contributed by atoms with Crippen LogP contribution in [0.15, 0.2) is 54.6 Å². The number of para-hydroxylation sites is 1. The maximum absolute atomic E-state index is 10.1. The summed E-state index contributed by atoms with van der Waals surface area (Å²) in [7, 11) is 1.97. The van der Waals surface area contributed by atoms with E-state index in [0.717, 1.165) is 23.6 Å². The van der Waals surface area contributed by atoms with Crippen molar-refractivity contribution >= 4 is 0 Å². The fourth-order valence-corrected chi connectivity index (χ4v) is 2.44. The predicted molar refractivity (Wildman–Crippen MR) is 97.9 cm³/mol. The van der Waals surface area contributed by atoms with E-state index < -0.39 is 6.10 Å². The second-order valence-electron chi connectivity index (χ2n) is 6.04. The van der Waals surface area contributed by atoms with E-state index in [1.165, 1.54) is 0 Å². The smallest absolute Gasteiger partial charge is 0.119 e. The summed E-state index contributed by atoms with van der Waals surface area (Å²) >= 11 is 0. The number of aliphatic hydroxyl groups is 2. The number of benzene rings is 2. The number of rotatable bonds is 11. The molecule has 0 amide bonds. The Morgan fingerprint density at radius 1 is 0.960 bits per heavy atom. The van der Waals surface area contributed by atoms with Crippen LogP contribution in [-0.2, 0) is 6.54 Å². The van der Waals surface area contributed by atoms with Gasteiger partial charge in [-0.3, -0.25) is 4.90 Å². The lowest BCUT2D eigenvalue weighted by molar-refractivity contribution is 0.0744. The molecule has 0 bridgehead atoms. The zero-order valence-electron chi connectivity index (χ0n) is 14.7. The van der Waals surface area contributed by atoms with Gasteiger partial charge in [-0.05, 0) is 36.9 Å². The molecule has 0 saturated heterocycles. The molecular weight excluding hydrogens is 318 g/mol. The topological polar surface area (TPSA) is 62.2 Å². The normalized spacial score (nSPS) is 12.2. The van der Waals surface area contributed by atoms with Crippen molar-refractivity contribution in [3.8, 4) is 11.5 Å². The van der Waals surface area contributed by atoms with Gasteiger partial charge in [0.15, 0.2) is 0 Å². The molecule has 136 valence electrons. The molecule has 2 aromatic rings. The van der Waals surface area contributed by atoms with Crippen molar-refractivity contribution < 1.29 is 19.7 Å². The molecule has 0 fully saturated rings. The molecule has 0 spiro atoms. The Hall–Kier alpha value is -2.08. The third kappa shape index (κ3) is 7.56. The number of likely N-dealkylation sites (N-methyl/N-ethyl adjacent to an activating group) is 1. The van der Waals surface area contributed by atoms with Gasteiger partial charge in [-0.1, -0.05) is 30.3 Å². The van der Waals surface area contributed by atoms with E-state index in [1.54, 1.807) is 0 Å². The predicted octanol–water partition coefficient (Wildman–Crippen LogP) is 2.32. The first-order valence-corrected chi connectivity index (χ1v) is 8.54. The maximum atomic E-state index is 10.1. The van der Waals surface area contributed by atoms with Gasteiger partial charge in [-0.15, -0.1) is 0 Å². The third-order valence-corrected chi connectivity index (χ3v) is 3.66. The van der Waals surface area contributed by atoms with Crippen molar-refractivity contribution in [3.63, 3.8) is 0 Å². The largest absolute Gasteiger partial charge is 0.494 e. The lowest BCUT2D eigenvalue weighted by atomic mass is 10.2. The van der Waals surface area contributed by atoms with Gasteiger partial charge in [0, 0.05) is 26.1 Å². The van der Waals surface area contributed by atoms with Crippen molar-refractivity contribution in [1.29, 1.82) is 0 Å². The van der Waals surface area contributed by atoms with E-state index in [2.05, 4.69) is 4.90 Å². The molecule has 2 rings (SSSR count). The minimum atomic E-state index is -0.550. The first-order chi connectivity index (χ1) is 12.2. The highest BCUT2D eigenvalue weighted by Gasteiger charge is 2.10. The summed E-state index contributed by atoms with van der Waals surface area (Å²) < 4.78 is 11.1. The molecule has 0 aliphatic carbocycles. The minimum Gasteiger partial charge on any atom is -0.494 e. The number of ether oxygens (including phenoxy) is 2. The summed E-state index contributed by atoms with van der Waals surface area (Å²) in [4.78, 5) is 2.06. The molecule has 2 aromatic carbocycles. The standard InChI is InChI=1S/C20H27NO4/c1-21(15-18(23)16-25-19-6-3-2-4-7-19)14-17-8-10-20(11-9-17)24-13-5-12-22/h2-4,6-11,18,22-23H,5,12-16H2,1H3/t18-/m0/s1. The summed E-state index contributed by atoms with van der Waals surface area (Å²) in [5, 5.41) is 18.9. The third-order valence-electron chi connectivity index (χ3n) is 3.66. The lowest BCUT2D eigenvalue weighted by Crippen LogP contribution is -2.32. The molecule has 0 aliphatic heterocycles. The highest BCUT2D eigenvalue weighted by Crippen LogP contribution is 2.14. The number of hydrogen-bond acceptors (Lipinski definition) is 5. The minimum absolute atomic E-state index is 0.138. The molecule has 2 N–H and O–H groups in total. The average Bonchev–Trinajstić information content (AvgIpc) is 2.62. The van der Waals surface area contributed by atoms with Crippen molar-refractivity contribution in [3.05, 3.63) is 60.2 Å². The molecule has 25 heavy (non-hydrogen) atoms. The molecule has 0 radical (unpaired) electrons. The van der Waals surface area contributed by atoms with Crippen LogP contribution < -0.4 is 9.47 Å². The van der Waals surface area contributed by atoms with Crippen LogP contribution in [0.25, 0.3) is 0 Å². The summed E-state index contributed by atoms with van der Waals surface area (Å²) in [5.41, 5.74) is 1.15. The highest BCUT2D eigenvalue weighted by atomic mass is 16.5. The molecular formula is C20H27NO4. The summed E-state index contributed by atoms with van der Waals surface area (Å²) in [6, 6.07) is 17.4. The molecule has 1 atom stereocenters. The molecule has 5 nitrogen and oxygen atoms in total. The van der Waals surface area contributed by atoms with Gasteiger partial charge < -0.3 is 19.7 Å². The molecule has 0 saturated carbocycles. The van der Waals surface area contributed by atoms with Gasteiger partial charge in [0.1, 0.15) is 24.2 Å². The van der Waals surface area contributed by atoms with Crippen LogP contribution in [0.4, 0.5) is 0 Å². The van der Waals surface area contributed by atoms with Gasteiger partial charge in [-0.2, -0.15) is 0 Å². The fourth-order valence-electron chi connectivity index (χ4n) is 2.44. The van der Waals surface area contributed by atoms with Crippen LogP contribution in [0, 0.1) is 0 Å². The Bertz CT molecular complexity index is 588. The molecule has 0 unspecified atom stereocenters. The Labute approximate surface area is 149 Å². The Balaban J connectivity index is 1.70. The van der Waals surface area contributed by atoms with E-state index in [1.807, 2.05) is 61.6 Å².